The molecule has 1 saturated heterocycles. The van der Waals surface area contributed by atoms with E-state index >= 15 is 0 Å². The van der Waals surface area contributed by atoms with Crippen LogP contribution in [0.15, 0.2) is 18.2 Å². The van der Waals surface area contributed by atoms with E-state index in [0.717, 1.165) is 6.07 Å². The number of rotatable bonds is 1. The van der Waals surface area contributed by atoms with Gasteiger partial charge in [-0.1, -0.05) is 19.9 Å². The number of halogens is 2. The van der Waals surface area contributed by atoms with E-state index in [1.165, 1.54) is 12.1 Å². The fourth-order valence-electron chi connectivity index (χ4n) is 2.39. The molecule has 19 heavy (non-hydrogen) atoms. The van der Waals surface area contributed by atoms with Gasteiger partial charge in [-0.2, -0.15) is 0 Å². The van der Waals surface area contributed by atoms with Gasteiger partial charge in [-0.05, 0) is 24.0 Å². The monoisotopic (exact) mass is 268 g/mol. The van der Waals surface area contributed by atoms with Crippen LogP contribution in [-0.2, 0) is 0 Å². The van der Waals surface area contributed by atoms with Gasteiger partial charge < -0.3 is 10.6 Å². The second-order valence-corrected chi connectivity index (χ2v) is 5.71. The van der Waals surface area contributed by atoms with E-state index in [4.69, 9.17) is 5.73 Å². The lowest BCUT2D eigenvalue weighted by molar-refractivity contribution is 0.0527. The number of nitrogens with two attached hydrogens (primary N) is 1. The van der Waals surface area contributed by atoms with E-state index in [1.807, 2.05) is 13.8 Å². The number of nitrogens with zero attached hydrogens (tertiary/aromatic N) is 1. The van der Waals surface area contributed by atoms with Gasteiger partial charge in [-0.25, -0.2) is 8.78 Å². The fourth-order valence-corrected chi connectivity index (χ4v) is 2.39. The number of piperidine rings is 1. The number of amides is 1. The normalized spacial score (nSPS) is 22.4. The van der Waals surface area contributed by atoms with Gasteiger partial charge in [0.05, 0.1) is 5.56 Å². The Bertz CT molecular complexity index is 502. The predicted molar refractivity (Wildman–Crippen MR) is 68.6 cm³/mol. The summed E-state index contributed by atoms with van der Waals surface area (Å²) in [6.07, 6.45) is 0.662. The van der Waals surface area contributed by atoms with E-state index in [1.54, 1.807) is 4.90 Å². The molecule has 0 saturated carbocycles. The van der Waals surface area contributed by atoms with Crippen LogP contribution in [-0.4, -0.2) is 29.9 Å². The van der Waals surface area contributed by atoms with E-state index in [2.05, 4.69) is 0 Å². The highest BCUT2D eigenvalue weighted by Gasteiger charge is 2.36. The number of benzene rings is 1. The zero-order chi connectivity index (χ0) is 14.2. The van der Waals surface area contributed by atoms with Crippen molar-refractivity contribution in [3.05, 3.63) is 35.4 Å². The molecule has 0 spiro atoms. The van der Waals surface area contributed by atoms with Crippen LogP contribution >= 0.6 is 0 Å². The van der Waals surface area contributed by atoms with Gasteiger partial charge in [0, 0.05) is 19.1 Å². The van der Waals surface area contributed by atoms with Crippen LogP contribution in [0.5, 0.6) is 0 Å². The molecule has 0 aromatic heterocycles. The summed E-state index contributed by atoms with van der Waals surface area (Å²) in [5, 5.41) is 0. The molecule has 0 aliphatic carbocycles. The molecule has 2 rings (SSSR count). The molecule has 1 aliphatic heterocycles. The Balaban J connectivity index is 2.23. The summed E-state index contributed by atoms with van der Waals surface area (Å²) in [6, 6.07) is 3.66. The summed E-state index contributed by atoms with van der Waals surface area (Å²) in [5.74, 6) is -2.56. The van der Waals surface area contributed by atoms with E-state index in [0.29, 0.717) is 19.5 Å². The van der Waals surface area contributed by atoms with Crippen molar-refractivity contribution in [3.63, 3.8) is 0 Å². The maximum atomic E-state index is 13.6. The summed E-state index contributed by atoms with van der Waals surface area (Å²) in [6.45, 7) is 4.86. The number of carbonyl (C=O) groups excluding carboxylic acids is 1. The summed E-state index contributed by atoms with van der Waals surface area (Å²) in [4.78, 5) is 13.8. The second-order valence-electron chi connectivity index (χ2n) is 5.71. The maximum absolute atomic E-state index is 13.6. The van der Waals surface area contributed by atoms with Crippen molar-refractivity contribution in [1.29, 1.82) is 0 Å². The summed E-state index contributed by atoms with van der Waals surface area (Å²) in [7, 11) is 0. The van der Waals surface area contributed by atoms with Crippen LogP contribution in [0, 0.1) is 17.0 Å². The van der Waals surface area contributed by atoms with Crippen LogP contribution in [0.3, 0.4) is 0 Å². The van der Waals surface area contributed by atoms with Gasteiger partial charge in [-0.3, -0.25) is 4.79 Å². The quantitative estimate of drug-likeness (QED) is 0.848. The molecule has 1 heterocycles. The van der Waals surface area contributed by atoms with Crippen LogP contribution in [0.4, 0.5) is 8.78 Å². The molecule has 5 heteroatoms. The average molecular weight is 268 g/mol. The lowest BCUT2D eigenvalue weighted by atomic mass is 9.79. The molecule has 1 atom stereocenters. The Kier molecular flexibility index (Phi) is 3.58. The summed E-state index contributed by atoms with van der Waals surface area (Å²) < 4.78 is 26.8. The first kappa shape index (κ1) is 13.9. The second kappa shape index (κ2) is 4.89. The molecule has 0 radical (unpaired) electrons. The minimum atomic E-state index is -1.08. The lowest BCUT2D eigenvalue weighted by Crippen LogP contribution is -2.54. The van der Waals surface area contributed by atoms with Gasteiger partial charge in [-0.15, -0.1) is 0 Å². The third-order valence-electron chi connectivity index (χ3n) is 3.78. The van der Waals surface area contributed by atoms with Crippen molar-refractivity contribution in [2.24, 2.45) is 11.1 Å². The molecule has 1 amide bonds. The smallest absolute Gasteiger partial charge is 0.256 e. The molecular weight excluding hydrogens is 250 g/mol. The van der Waals surface area contributed by atoms with Crippen molar-refractivity contribution in [2.45, 2.75) is 26.3 Å². The van der Waals surface area contributed by atoms with Crippen molar-refractivity contribution in [2.75, 3.05) is 13.1 Å². The maximum Gasteiger partial charge on any atom is 0.256 e. The third-order valence-corrected chi connectivity index (χ3v) is 3.78. The number of hydrogen-bond acceptors (Lipinski definition) is 2. The molecule has 2 N–H and O–H groups in total. The Hall–Kier alpha value is -1.49. The highest BCUT2D eigenvalue weighted by molar-refractivity contribution is 5.94. The largest absolute Gasteiger partial charge is 0.338 e. The van der Waals surface area contributed by atoms with Crippen LogP contribution < -0.4 is 5.73 Å². The van der Waals surface area contributed by atoms with E-state index in [9.17, 15) is 13.6 Å². The highest BCUT2D eigenvalue weighted by atomic mass is 19.2. The molecule has 1 aromatic rings. The summed E-state index contributed by atoms with van der Waals surface area (Å²) >= 11 is 0. The van der Waals surface area contributed by atoms with Crippen molar-refractivity contribution in [1.82, 2.24) is 4.90 Å². The van der Waals surface area contributed by atoms with Gasteiger partial charge in [0.15, 0.2) is 11.6 Å². The van der Waals surface area contributed by atoms with Crippen molar-refractivity contribution >= 4 is 5.91 Å². The fraction of sp³-hybridized carbons (Fsp3) is 0.500. The van der Waals surface area contributed by atoms with E-state index < -0.39 is 17.5 Å². The Morgan fingerprint density at radius 3 is 2.74 bits per heavy atom. The standard InChI is InChI=1S/C14H18F2N2O/c1-14(2)8-18(7-6-11(14)17)13(19)9-4-3-5-10(15)12(9)16/h3-5,11H,6-8,17H2,1-2H3. The first-order chi connectivity index (χ1) is 8.83. The van der Waals surface area contributed by atoms with Crippen molar-refractivity contribution in [3.8, 4) is 0 Å². The first-order valence-electron chi connectivity index (χ1n) is 6.32. The molecular formula is C14H18F2N2O. The average Bonchev–Trinajstić information content (AvgIpc) is 2.35. The van der Waals surface area contributed by atoms with Crippen LogP contribution in [0.2, 0.25) is 0 Å². The zero-order valence-electron chi connectivity index (χ0n) is 11.1. The van der Waals surface area contributed by atoms with Crippen LogP contribution in [0.1, 0.15) is 30.6 Å². The third kappa shape index (κ3) is 2.61. The Morgan fingerprint density at radius 2 is 2.11 bits per heavy atom. The molecule has 1 fully saturated rings. The molecule has 0 bridgehead atoms. The van der Waals surface area contributed by atoms with Gasteiger partial charge >= 0.3 is 0 Å². The first-order valence-corrected chi connectivity index (χ1v) is 6.32. The Labute approximate surface area is 111 Å². The van der Waals surface area contributed by atoms with Crippen molar-refractivity contribution < 1.29 is 13.6 Å². The van der Waals surface area contributed by atoms with Gasteiger partial charge in [0.25, 0.3) is 5.91 Å². The number of likely N-dealkylation sites (tertiary alicyclic amines) is 1. The predicted octanol–water partition coefficient (Wildman–Crippen LogP) is 2.16. The molecule has 1 aliphatic rings. The lowest BCUT2D eigenvalue weighted by Gasteiger charge is -2.42. The SMILES string of the molecule is CC1(C)CN(C(=O)c2cccc(F)c2F)CCC1N. The van der Waals surface area contributed by atoms with Crippen LogP contribution in [0.25, 0.3) is 0 Å². The number of carbonyl (C=O) groups is 1. The van der Waals surface area contributed by atoms with E-state index in [-0.39, 0.29) is 17.0 Å². The number of hydrogen-bond donors (Lipinski definition) is 1. The Morgan fingerprint density at radius 1 is 1.42 bits per heavy atom. The zero-order valence-corrected chi connectivity index (χ0v) is 11.1. The topological polar surface area (TPSA) is 46.3 Å². The minimum Gasteiger partial charge on any atom is -0.338 e. The van der Waals surface area contributed by atoms with Gasteiger partial charge in [0.1, 0.15) is 0 Å². The summed E-state index contributed by atoms with van der Waals surface area (Å²) in [5.41, 5.74) is 5.55. The molecule has 1 unspecified atom stereocenters. The molecule has 3 nitrogen and oxygen atoms in total. The minimum absolute atomic E-state index is 0.00825. The van der Waals surface area contributed by atoms with Gasteiger partial charge in [0.2, 0.25) is 0 Å². The highest BCUT2D eigenvalue weighted by Crippen LogP contribution is 2.29. The molecule has 1 aromatic carbocycles. The molecule has 104 valence electrons.